The van der Waals surface area contributed by atoms with Gasteiger partial charge in [0.05, 0.1) is 31.2 Å². The van der Waals surface area contributed by atoms with Gasteiger partial charge in [-0.3, -0.25) is 4.90 Å². The van der Waals surface area contributed by atoms with Crippen LogP contribution in [-0.4, -0.2) is 41.3 Å². The molecule has 0 spiro atoms. The molecule has 0 bridgehead atoms. The molecule has 2 aromatic rings. The van der Waals surface area contributed by atoms with Gasteiger partial charge in [0, 0.05) is 6.08 Å². The lowest BCUT2D eigenvalue weighted by molar-refractivity contribution is 0.197. The highest BCUT2D eigenvalue weighted by Gasteiger charge is 2.16. The van der Waals surface area contributed by atoms with E-state index in [1.54, 1.807) is 13.2 Å². The van der Waals surface area contributed by atoms with Crippen LogP contribution in [-0.2, 0) is 22.6 Å². The van der Waals surface area contributed by atoms with Gasteiger partial charge in [0.25, 0.3) is 0 Å². The molecule has 0 atom stereocenters. The fraction of sp³-hybridized carbons (Fsp3) is 0.435. The van der Waals surface area contributed by atoms with E-state index in [1.807, 2.05) is 25.1 Å². The Kier molecular flexibility index (Phi) is 7.31. The first-order chi connectivity index (χ1) is 13.7. The van der Waals surface area contributed by atoms with Crippen LogP contribution in [0.25, 0.3) is 11.0 Å². The Balaban J connectivity index is 1.73. The van der Waals surface area contributed by atoms with Crippen LogP contribution < -0.4 is 0 Å². The molecule has 28 heavy (non-hydrogen) atoms. The molecular weight excluding hydrogens is 350 g/mol. The summed E-state index contributed by atoms with van der Waals surface area (Å²) >= 11 is 0. The van der Waals surface area contributed by atoms with E-state index in [0.717, 1.165) is 43.3 Å². The van der Waals surface area contributed by atoms with E-state index in [1.165, 1.54) is 24.8 Å². The summed E-state index contributed by atoms with van der Waals surface area (Å²) < 4.78 is 13.5. The molecule has 1 fully saturated rings. The number of aromatic nitrogens is 2. The highest BCUT2D eigenvalue weighted by Crippen LogP contribution is 2.19. The molecule has 0 radical (unpaired) electrons. The van der Waals surface area contributed by atoms with Gasteiger partial charge in [-0.05, 0) is 57.1 Å². The van der Waals surface area contributed by atoms with Crippen molar-refractivity contribution in [3.8, 4) is 0 Å². The fourth-order valence-corrected chi connectivity index (χ4v) is 3.62. The first-order valence-corrected chi connectivity index (χ1v) is 10.1. The predicted molar refractivity (Wildman–Crippen MR) is 114 cm³/mol. The predicted octanol–water partition coefficient (Wildman–Crippen LogP) is 4.66. The van der Waals surface area contributed by atoms with E-state index >= 15 is 0 Å². The number of rotatable bonds is 9. The van der Waals surface area contributed by atoms with Crippen molar-refractivity contribution in [2.75, 3.05) is 26.8 Å². The number of fused-ring (bicyclic) bond motifs is 1. The third kappa shape index (κ3) is 5.04. The zero-order valence-corrected chi connectivity index (χ0v) is 17.1. The van der Waals surface area contributed by atoms with Crippen LogP contribution in [0.2, 0.25) is 0 Å². The van der Waals surface area contributed by atoms with Gasteiger partial charge in [0.2, 0.25) is 0 Å². The monoisotopic (exact) mass is 381 g/mol. The van der Waals surface area contributed by atoms with E-state index < -0.39 is 0 Å². The van der Waals surface area contributed by atoms with Crippen molar-refractivity contribution in [1.82, 2.24) is 14.5 Å². The topological polar surface area (TPSA) is 39.5 Å². The number of hydrogen-bond acceptors (Lipinski definition) is 4. The maximum absolute atomic E-state index is 5.99. The molecular formula is C23H31N3O2. The van der Waals surface area contributed by atoms with Crippen molar-refractivity contribution in [2.24, 2.45) is 0 Å². The summed E-state index contributed by atoms with van der Waals surface area (Å²) in [7, 11) is 1.63. The maximum atomic E-state index is 5.99. The van der Waals surface area contributed by atoms with Crippen molar-refractivity contribution in [3.63, 3.8) is 0 Å². The summed E-state index contributed by atoms with van der Waals surface area (Å²) in [5.41, 5.74) is 2.22. The molecule has 1 aliphatic heterocycles. The fourth-order valence-electron chi connectivity index (χ4n) is 3.62. The van der Waals surface area contributed by atoms with Crippen molar-refractivity contribution >= 4 is 11.0 Å². The van der Waals surface area contributed by atoms with Gasteiger partial charge >= 0.3 is 0 Å². The van der Waals surface area contributed by atoms with Gasteiger partial charge < -0.3 is 14.0 Å². The lowest BCUT2D eigenvalue weighted by atomic mass is 10.1. The van der Waals surface area contributed by atoms with E-state index in [9.17, 15) is 0 Å². The Bertz CT molecular complexity index is 845. The third-order valence-corrected chi connectivity index (χ3v) is 5.14. The number of methoxy groups -OCH3 is 1. The average Bonchev–Trinajstić information content (AvgIpc) is 3.08. The van der Waals surface area contributed by atoms with Gasteiger partial charge in [-0.15, -0.1) is 0 Å². The Morgan fingerprint density at radius 3 is 2.68 bits per heavy atom. The minimum absolute atomic E-state index is 0.567. The number of likely N-dealkylation sites (tertiary alicyclic amines) is 1. The molecule has 5 nitrogen and oxygen atoms in total. The molecule has 0 N–H and O–H groups in total. The normalized spacial score (nSPS) is 16.4. The van der Waals surface area contributed by atoms with Crippen LogP contribution in [0.3, 0.4) is 0 Å². The summed E-state index contributed by atoms with van der Waals surface area (Å²) in [4.78, 5) is 7.42. The van der Waals surface area contributed by atoms with Crippen LogP contribution in [0.1, 0.15) is 32.0 Å². The SMILES string of the molecule is C=C/C(=C\C(=C/C)OCCn1c(CN2CCCCC2)nc2ccccc21)OC. The van der Waals surface area contributed by atoms with Gasteiger partial charge in [0.15, 0.2) is 0 Å². The molecule has 3 rings (SSSR count). The van der Waals surface area contributed by atoms with Crippen LogP contribution in [0, 0.1) is 0 Å². The maximum Gasteiger partial charge on any atom is 0.124 e. The number of imidazole rings is 1. The number of benzene rings is 1. The summed E-state index contributed by atoms with van der Waals surface area (Å²) in [5, 5.41) is 0. The molecule has 2 heterocycles. The van der Waals surface area contributed by atoms with E-state index in [2.05, 4.69) is 34.2 Å². The van der Waals surface area contributed by atoms with Crippen molar-refractivity contribution < 1.29 is 9.47 Å². The molecule has 5 heteroatoms. The van der Waals surface area contributed by atoms with Gasteiger partial charge in [-0.2, -0.15) is 0 Å². The van der Waals surface area contributed by atoms with Crippen LogP contribution in [0.5, 0.6) is 0 Å². The lowest BCUT2D eigenvalue weighted by Crippen LogP contribution is -2.30. The molecule has 150 valence electrons. The minimum Gasteiger partial charge on any atom is -0.497 e. The number of nitrogens with zero attached hydrogens (tertiary/aromatic N) is 3. The summed E-state index contributed by atoms with van der Waals surface area (Å²) in [6, 6.07) is 8.34. The molecule has 0 amide bonds. The highest BCUT2D eigenvalue weighted by molar-refractivity contribution is 5.75. The van der Waals surface area contributed by atoms with Crippen LogP contribution in [0.15, 0.2) is 60.6 Å². The Morgan fingerprint density at radius 2 is 1.96 bits per heavy atom. The summed E-state index contributed by atoms with van der Waals surface area (Å²) in [5.74, 6) is 2.58. The molecule has 1 saturated heterocycles. The highest BCUT2D eigenvalue weighted by atomic mass is 16.5. The molecule has 0 aliphatic carbocycles. The minimum atomic E-state index is 0.567. The first kappa shape index (κ1) is 20.2. The number of ether oxygens (including phenoxy) is 2. The van der Waals surface area contributed by atoms with E-state index in [-0.39, 0.29) is 0 Å². The standard InChI is InChI=1S/C23H31N3O2/c1-4-19(27-3)17-20(5-2)28-16-15-26-22-12-8-7-11-21(22)24-23(26)18-25-13-9-6-10-14-25/h4-5,7-8,11-12,17H,1,6,9-10,13-16,18H2,2-3H3/b19-17+,20-5+. The van der Waals surface area contributed by atoms with Gasteiger partial charge in [-0.1, -0.05) is 25.1 Å². The van der Waals surface area contributed by atoms with Crippen molar-refractivity contribution in [3.05, 3.63) is 66.4 Å². The Hall–Kier alpha value is -2.53. The Morgan fingerprint density at radius 1 is 1.18 bits per heavy atom. The van der Waals surface area contributed by atoms with Gasteiger partial charge in [-0.25, -0.2) is 4.98 Å². The smallest absolute Gasteiger partial charge is 0.124 e. The quantitative estimate of drug-likeness (QED) is 0.468. The number of piperidine rings is 1. The lowest BCUT2D eigenvalue weighted by Gasteiger charge is -2.26. The molecule has 1 aliphatic rings. The molecule has 0 saturated carbocycles. The van der Waals surface area contributed by atoms with E-state index in [4.69, 9.17) is 14.5 Å². The Labute approximate surface area is 168 Å². The first-order valence-electron chi connectivity index (χ1n) is 10.1. The van der Waals surface area contributed by atoms with Gasteiger partial charge in [0.1, 0.15) is 23.9 Å². The summed E-state index contributed by atoms with van der Waals surface area (Å²) in [6.45, 7) is 10.2. The van der Waals surface area contributed by atoms with Crippen LogP contribution in [0.4, 0.5) is 0 Å². The third-order valence-electron chi connectivity index (χ3n) is 5.14. The summed E-state index contributed by atoms with van der Waals surface area (Å²) in [6.07, 6.45) is 9.37. The number of allylic oxidation sites excluding steroid dienone is 3. The van der Waals surface area contributed by atoms with E-state index in [0.29, 0.717) is 12.4 Å². The zero-order chi connectivity index (χ0) is 19.8. The number of hydrogen-bond donors (Lipinski definition) is 0. The molecule has 1 aromatic heterocycles. The van der Waals surface area contributed by atoms with Crippen molar-refractivity contribution in [1.29, 1.82) is 0 Å². The van der Waals surface area contributed by atoms with Crippen LogP contribution >= 0.6 is 0 Å². The van der Waals surface area contributed by atoms with Crippen molar-refractivity contribution in [2.45, 2.75) is 39.3 Å². The molecule has 0 unspecified atom stereocenters. The second kappa shape index (κ2) is 10.1. The average molecular weight is 382 g/mol. The largest absolute Gasteiger partial charge is 0.497 e. The second-order valence-corrected chi connectivity index (χ2v) is 7.00. The molecule has 1 aromatic carbocycles. The number of para-hydroxylation sites is 2. The second-order valence-electron chi connectivity index (χ2n) is 7.00. The zero-order valence-electron chi connectivity index (χ0n) is 17.1.